The fourth-order valence-corrected chi connectivity index (χ4v) is 3.15. The van der Waals surface area contributed by atoms with Crippen LogP contribution in [0.4, 0.5) is 0 Å². The number of ether oxygens (including phenoxy) is 1. The molecule has 2 aromatic carbocycles. The van der Waals surface area contributed by atoms with Gasteiger partial charge >= 0.3 is 0 Å². The summed E-state index contributed by atoms with van der Waals surface area (Å²) in [6.07, 6.45) is 1.80. The Morgan fingerprint density at radius 3 is 2.70 bits per heavy atom. The first-order valence-corrected chi connectivity index (χ1v) is 8.82. The molecule has 0 saturated heterocycles. The molecule has 0 saturated carbocycles. The second-order valence-electron chi connectivity index (χ2n) is 5.87. The first-order valence-electron chi connectivity index (χ1n) is 8.07. The third kappa shape index (κ3) is 4.72. The first-order chi connectivity index (χ1) is 12.9. The topological polar surface area (TPSA) is 94.2 Å². The van der Waals surface area contributed by atoms with Crippen LogP contribution in [0.3, 0.4) is 0 Å². The van der Waals surface area contributed by atoms with Crippen LogP contribution in [0.25, 0.3) is 10.9 Å². The highest BCUT2D eigenvalue weighted by molar-refractivity contribution is 6.35. The fourth-order valence-electron chi connectivity index (χ4n) is 2.69. The Morgan fingerprint density at radius 2 is 1.96 bits per heavy atom. The number of carbonyl (C=O) groups excluding carboxylic acids is 2. The highest BCUT2D eigenvalue weighted by Gasteiger charge is 2.17. The average Bonchev–Trinajstić information content (AvgIpc) is 3.03. The minimum atomic E-state index is -1.38. The lowest BCUT2D eigenvalue weighted by atomic mass is 10.1. The third-order valence-corrected chi connectivity index (χ3v) is 4.50. The number of hydrogen-bond donors (Lipinski definition) is 2. The predicted octanol–water partition coefficient (Wildman–Crippen LogP) is 2.33. The van der Waals surface area contributed by atoms with Crippen LogP contribution < -0.4 is 15.2 Å². The second-order valence-corrected chi connectivity index (χ2v) is 6.71. The summed E-state index contributed by atoms with van der Waals surface area (Å²) in [6.45, 7) is -0.390. The second kappa shape index (κ2) is 8.33. The molecule has 0 aliphatic carbocycles. The van der Waals surface area contributed by atoms with Crippen molar-refractivity contribution in [2.75, 3.05) is 6.61 Å². The van der Waals surface area contributed by atoms with E-state index in [1.807, 2.05) is 24.3 Å². The van der Waals surface area contributed by atoms with Crippen LogP contribution in [0.2, 0.25) is 10.0 Å². The van der Waals surface area contributed by atoms with E-state index in [0.717, 1.165) is 16.5 Å². The molecule has 3 aromatic rings. The van der Waals surface area contributed by atoms with Crippen molar-refractivity contribution in [2.24, 2.45) is 0 Å². The number of benzene rings is 2. The summed E-state index contributed by atoms with van der Waals surface area (Å²) in [4.78, 5) is 26.6. The smallest absolute Gasteiger partial charge is 0.258 e. The van der Waals surface area contributed by atoms with E-state index in [1.165, 1.54) is 12.1 Å². The zero-order chi connectivity index (χ0) is 19.4. The molecule has 1 amide bonds. The molecule has 0 spiro atoms. The molecule has 2 N–H and O–H groups in total. The van der Waals surface area contributed by atoms with Crippen molar-refractivity contribution in [3.63, 3.8) is 0 Å². The van der Waals surface area contributed by atoms with Gasteiger partial charge in [0.05, 0.1) is 17.0 Å². The van der Waals surface area contributed by atoms with Gasteiger partial charge in [0.25, 0.3) is 5.91 Å². The Balaban J connectivity index is 1.63. The minimum absolute atomic E-state index is 0.0831. The number of aromatic amines is 1. The van der Waals surface area contributed by atoms with Gasteiger partial charge in [-0.2, -0.15) is 0 Å². The van der Waals surface area contributed by atoms with Crippen molar-refractivity contribution in [3.05, 3.63) is 64.3 Å². The van der Waals surface area contributed by atoms with Crippen molar-refractivity contribution in [2.45, 2.75) is 12.5 Å². The third-order valence-electron chi connectivity index (χ3n) is 3.97. The van der Waals surface area contributed by atoms with Gasteiger partial charge in [0, 0.05) is 28.5 Å². The summed E-state index contributed by atoms with van der Waals surface area (Å²) in [5.74, 6) is -1.70. The molecule has 140 valence electrons. The van der Waals surface area contributed by atoms with Gasteiger partial charge in [-0.05, 0) is 29.8 Å². The maximum Gasteiger partial charge on any atom is 0.258 e. The van der Waals surface area contributed by atoms with Gasteiger partial charge in [-0.1, -0.05) is 41.4 Å². The lowest BCUT2D eigenvalue weighted by Crippen LogP contribution is -2.50. The molecule has 27 heavy (non-hydrogen) atoms. The maximum absolute atomic E-state index is 12.1. The van der Waals surface area contributed by atoms with E-state index in [2.05, 4.69) is 10.3 Å². The standard InChI is InChI=1S/C19H16Cl2N2O4/c20-12-5-6-17(14(21)8-12)27-10-18(24)23-16(19(25)26)7-11-9-22-15-4-2-1-3-13(11)15/h1-6,8-9,16,22H,7,10H2,(H,23,24)(H,25,26)/p-1. The van der Waals surface area contributed by atoms with Gasteiger partial charge in [-0.3, -0.25) is 4.79 Å². The SMILES string of the molecule is O=C(COc1ccc(Cl)cc1Cl)NC(Cc1c[nH]c2ccccc12)C(=O)[O-]. The lowest BCUT2D eigenvalue weighted by molar-refractivity contribution is -0.308. The number of hydrogen-bond acceptors (Lipinski definition) is 4. The summed E-state index contributed by atoms with van der Waals surface area (Å²) < 4.78 is 5.32. The van der Waals surface area contributed by atoms with Gasteiger partial charge in [0.15, 0.2) is 6.61 Å². The number of para-hydroxylation sites is 1. The number of rotatable bonds is 7. The average molecular weight is 406 g/mol. The Bertz CT molecular complexity index is 987. The van der Waals surface area contributed by atoms with Crippen molar-refractivity contribution < 1.29 is 19.4 Å². The van der Waals surface area contributed by atoms with Crippen LogP contribution in [0.15, 0.2) is 48.7 Å². The van der Waals surface area contributed by atoms with Crippen molar-refractivity contribution in [1.82, 2.24) is 10.3 Å². The Labute approximate surface area is 165 Å². The van der Waals surface area contributed by atoms with Crippen LogP contribution in [-0.2, 0) is 16.0 Å². The molecular formula is C19H15Cl2N2O4-. The Hall–Kier alpha value is -2.70. The highest BCUT2D eigenvalue weighted by atomic mass is 35.5. The number of carbonyl (C=O) groups is 2. The molecule has 0 bridgehead atoms. The van der Waals surface area contributed by atoms with Gasteiger partial charge in [-0.15, -0.1) is 0 Å². The molecular weight excluding hydrogens is 391 g/mol. The van der Waals surface area contributed by atoms with E-state index < -0.39 is 17.9 Å². The summed E-state index contributed by atoms with van der Waals surface area (Å²) >= 11 is 11.8. The molecule has 0 radical (unpaired) electrons. The van der Waals surface area contributed by atoms with Crippen molar-refractivity contribution >= 4 is 46.0 Å². The molecule has 0 fully saturated rings. The van der Waals surface area contributed by atoms with Crippen LogP contribution in [-0.4, -0.2) is 29.5 Å². The van der Waals surface area contributed by atoms with E-state index in [1.54, 1.807) is 12.3 Å². The highest BCUT2D eigenvalue weighted by Crippen LogP contribution is 2.27. The largest absolute Gasteiger partial charge is 0.548 e. The van der Waals surface area contributed by atoms with E-state index in [0.29, 0.717) is 5.02 Å². The molecule has 1 heterocycles. The van der Waals surface area contributed by atoms with Crippen LogP contribution in [0, 0.1) is 0 Å². The quantitative estimate of drug-likeness (QED) is 0.630. The molecule has 8 heteroatoms. The molecule has 1 aromatic heterocycles. The minimum Gasteiger partial charge on any atom is -0.548 e. The zero-order valence-electron chi connectivity index (χ0n) is 14.0. The van der Waals surface area contributed by atoms with E-state index >= 15 is 0 Å². The maximum atomic E-state index is 12.1. The van der Waals surface area contributed by atoms with Crippen LogP contribution in [0.1, 0.15) is 5.56 Å². The predicted molar refractivity (Wildman–Crippen MR) is 101 cm³/mol. The number of carboxylic acid groups (broad SMARTS) is 1. The summed E-state index contributed by atoms with van der Waals surface area (Å²) in [5.41, 5.74) is 1.65. The molecule has 0 aliphatic heterocycles. The molecule has 6 nitrogen and oxygen atoms in total. The lowest BCUT2D eigenvalue weighted by Gasteiger charge is -2.19. The monoisotopic (exact) mass is 405 g/mol. The van der Waals surface area contributed by atoms with Crippen LogP contribution in [0.5, 0.6) is 5.75 Å². The van der Waals surface area contributed by atoms with E-state index in [9.17, 15) is 14.7 Å². The molecule has 3 rings (SSSR count). The van der Waals surface area contributed by atoms with Crippen LogP contribution >= 0.6 is 23.2 Å². The number of H-pyrrole nitrogens is 1. The molecule has 1 unspecified atom stereocenters. The van der Waals surface area contributed by atoms with Gasteiger partial charge in [0.1, 0.15) is 5.75 Å². The van der Waals surface area contributed by atoms with E-state index in [4.69, 9.17) is 27.9 Å². The number of fused-ring (bicyclic) bond motifs is 1. The Kier molecular flexibility index (Phi) is 5.88. The van der Waals surface area contributed by atoms with Gasteiger partial charge in [0.2, 0.25) is 0 Å². The molecule has 0 aliphatic rings. The molecule has 1 atom stereocenters. The van der Waals surface area contributed by atoms with Crippen molar-refractivity contribution in [3.8, 4) is 5.75 Å². The number of carboxylic acids is 1. The number of aliphatic carboxylic acids is 1. The number of halogens is 2. The number of amides is 1. The van der Waals surface area contributed by atoms with E-state index in [-0.39, 0.29) is 23.8 Å². The van der Waals surface area contributed by atoms with Gasteiger partial charge in [-0.25, -0.2) is 0 Å². The number of aromatic nitrogens is 1. The Morgan fingerprint density at radius 1 is 1.19 bits per heavy atom. The summed E-state index contributed by atoms with van der Waals surface area (Å²) in [5, 5.41) is 15.4. The normalized spacial score (nSPS) is 11.9. The van der Waals surface area contributed by atoms with Gasteiger partial charge < -0.3 is 24.9 Å². The summed E-state index contributed by atoms with van der Waals surface area (Å²) in [7, 11) is 0. The number of nitrogens with one attached hydrogen (secondary N) is 2. The van der Waals surface area contributed by atoms with Crippen molar-refractivity contribution in [1.29, 1.82) is 0 Å². The zero-order valence-corrected chi connectivity index (χ0v) is 15.5. The first kappa shape index (κ1) is 19.1. The fraction of sp³-hybridized carbons (Fsp3) is 0.158. The summed E-state index contributed by atoms with van der Waals surface area (Å²) in [6, 6.07) is 10.9.